The average molecular weight is 465 g/mol. The number of aliphatic hydroxyl groups excluding tert-OH is 1. The number of carboxylic acid groups (broad SMARTS) is 1. The van der Waals surface area contributed by atoms with Crippen molar-refractivity contribution in [2.45, 2.75) is 66.3 Å². The van der Waals surface area contributed by atoms with Gasteiger partial charge in [-0.2, -0.15) is 0 Å². The molecule has 0 saturated carbocycles. The molecule has 0 spiro atoms. The van der Waals surface area contributed by atoms with E-state index in [9.17, 15) is 29.4 Å². The number of nitrogens with one attached hydrogen (secondary N) is 2. The van der Waals surface area contributed by atoms with E-state index in [1.807, 2.05) is 30.3 Å². The van der Waals surface area contributed by atoms with Gasteiger partial charge in [-0.05, 0) is 23.3 Å². The molecule has 184 valence electrons. The van der Waals surface area contributed by atoms with Crippen LogP contribution in [0.3, 0.4) is 0 Å². The number of aliphatic hydroxyl groups is 1. The topological polar surface area (TPSA) is 142 Å². The zero-order valence-corrected chi connectivity index (χ0v) is 20.1. The molecule has 0 bridgehead atoms. The Kier molecular flexibility index (Phi) is 11.0. The molecule has 0 fully saturated rings. The van der Waals surface area contributed by atoms with E-state index in [1.165, 1.54) is 0 Å². The van der Waals surface area contributed by atoms with Crippen molar-refractivity contribution in [3.8, 4) is 0 Å². The monoisotopic (exact) mass is 464 g/mol. The molecular weight excluding hydrogens is 428 g/mol. The molecule has 0 aliphatic heterocycles. The number of esters is 1. The van der Waals surface area contributed by atoms with Crippen LogP contribution in [-0.2, 0) is 30.5 Å². The highest BCUT2D eigenvalue weighted by atomic mass is 16.5. The van der Waals surface area contributed by atoms with Crippen LogP contribution in [0.5, 0.6) is 0 Å². The fourth-order valence-corrected chi connectivity index (χ4v) is 3.28. The third-order valence-corrected chi connectivity index (χ3v) is 5.30. The van der Waals surface area contributed by atoms with E-state index in [1.54, 1.807) is 41.5 Å². The van der Waals surface area contributed by atoms with Gasteiger partial charge in [-0.25, -0.2) is 4.79 Å². The minimum absolute atomic E-state index is 0.0566. The van der Waals surface area contributed by atoms with Gasteiger partial charge in [-0.1, -0.05) is 71.9 Å². The van der Waals surface area contributed by atoms with Gasteiger partial charge in [0.25, 0.3) is 0 Å². The van der Waals surface area contributed by atoms with Crippen molar-refractivity contribution in [3.05, 3.63) is 35.9 Å². The molecule has 0 aliphatic carbocycles. The summed E-state index contributed by atoms with van der Waals surface area (Å²) in [5.41, 5.74) is 0.805. The van der Waals surface area contributed by atoms with Gasteiger partial charge in [0, 0.05) is 0 Å². The molecule has 4 N–H and O–H groups in total. The summed E-state index contributed by atoms with van der Waals surface area (Å²) in [4.78, 5) is 49.5. The standard InChI is InChI=1S/C24H36N2O7/c1-13(2)17(23(30)31)20(27)22(29)25-18(14(3)4)21(28)26-19(15(5)6)24(32)33-12-16-10-8-7-9-11-16/h7-11,13-15,17-20,27H,12H2,1-6H3,(H,25,29)(H,26,28)(H,30,31)/t17-,18-,19-,20+/m0/s1. The summed E-state index contributed by atoms with van der Waals surface area (Å²) < 4.78 is 5.35. The van der Waals surface area contributed by atoms with Crippen LogP contribution in [0.1, 0.15) is 47.1 Å². The number of hydrogen-bond acceptors (Lipinski definition) is 6. The van der Waals surface area contributed by atoms with E-state index in [0.29, 0.717) is 0 Å². The molecule has 0 aromatic heterocycles. The molecule has 33 heavy (non-hydrogen) atoms. The van der Waals surface area contributed by atoms with Gasteiger partial charge in [-0.15, -0.1) is 0 Å². The summed E-state index contributed by atoms with van der Waals surface area (Å²) in [5.74, 6) is -6.01. The molecular formula is C24H36N2O7. The Morgan fingerprint density at radius 2 is 1.33 bits per heavy atom. The summed E-state index contributed by atoms with van der Waals surface area (Å²) in [6.45, 7) is 10.1. The van der Waals surface area contributed by atoms with Crippen molar-refractivity contribution < 1.29 is 34.1 Å². The van der Waals surface area contributed by atoms with Gasteiger partial charge in [0.2, 0.25) is 11.8 Å². The lowest BCUT2D eigenvalue weighted by Gasteiger charge is -2.28. The third kappa shape index (κ3) is 8.49. The molecule has 1 aromatic rings. The molecule has 1 aromatic carbocycles. The normalized spacial score (nSPS) is 15.0. The minimum Gasteiger partial charge on any atom is -0.481 e. The number of carboxylic acids is 1. The Morgan fingerprint density at radius 3 is 1.79 bits per heavy atom. The van der Waals surface area contributed by atoms with Gasteiger partial charge in [-0.3, -0.25) is 14.4 Å². The maximum atomic E-state index is 12.9. The fraction of sp³-hybridized carbons (Fsp3) is 0.583. The SMILES string of the molecule is CC(C)[C@H](NC(=O)[C@H](O)[C@@H](C(=O)O)C(C)C)C(=O)N[C@H](C(=O)OCc1ccccc1)C(C)C. The van der Waals surface area contributed by atoms with Crippen molar-refractivity contribution in [3.63, 3.8) is 0 Å². The van der Waals surface area contributed by atoms with E-state index in [2.05, 4.69) is 10.6 Å². The minimum atomic E-state index is -1.83. The van der Waals surface area contributed by atoms with Crippen molar-refractivity contribution in [1.82, 2.24) is 10.6 Å². The Bertz CT molecular complexity index is 808. The molecule has 0 aliphatic rings. The Balaban J connectivity index is 2.88. The number of ether oxygens (including phenoxy) is 1. The van der Waals surface area contributed by atoms with Crippen LogP contribution in [0.25, 0.3) is 0 Å². The van der Waals surface area contributed by atoms with Crippen LogP contribution in [0.15, 0.2) is 30.3 Å². The molecule has 4 atom stereocenters. The van der Waals surface area contributed by atoms with Crippen LogP contribution >= 0.6 is 0 Å². The number of rotatable bonds is 12. The number of amides is 2. The van der Waals surface area contributed by atoms with Gasteiger partial charge in [0.1, 0.15) is 24.8 Å². The highest BCUT2D eigenvalue weighted by Gasteiger charge is 2.37. The first-order valence-corrected chi connectivity index (χ1v) is 11.1. The zero-order valence-electron chi connectivity index (χ0n) is 20.1. The maximum absolute atomic E-state index is 12.9. The fourth-order valence-electron chi connectivity index (χ4n) is 3.28. The summed E-state index contributed by atoms with van der Waals surface area (Å²) in [7, 11) is 0. The third-order valence-electron chi connectivity index (χ3n) is 5.30. The van der Waals surface area contributed by atoms with Crippen LogP contribution in [-0.4, -0.2) is 52.2 Å². The lowest BCUT2D eigenvalue weighted by molar-refractivity contribution is -0.154. The maximum Gasteiger partial charge on any atom is 0.329 e. The van der Waals surface area contributed by atoms with E-state index in [4.69, 9.17) is 4.74 Å². The van der Waals surface area contributed by atoms with Crippen LogP contribution < -0.4 is 10.6 Å². The van der Waals surface area contributed by atoms with Crippen molar-refractivity contribution >= 4 is 23.8 Å². The summed E-state index contributed by atoms with van der Waals surface area (Å²) >= 11 is 0. The van der Waals surface area contributed by atoms with E-state index in [-0.39, 0.29) is 12.5 Å². The van der Waals surface area contributed by atoms with Crippen molar-refractivity contribution in [2.24, 2.45) is 23.7 Å². The summed E-state index contributed by atoms with van der Waals surface area (Å²) in [5, 5.41) is 24.6. The van der Waals surface area contributed by atoms with Gasteiger partial charge in [0.05, 0.1) is 5.92 Å². The zero-order chi connectivity index (χ0) is 25.3. The summed E-state index contributed by atoms with van der Waals surface area (Å²) in [6, 6.07) is 7.08. The molecule has 0 saturated heterocycles. The number of carbonyl (C=O) groups is 4. The largest absolute Gasteiger partial charge is 0.481 e. The highest BCUT2D eigenvalue weighted by molar-refractivity contribution is 5.93. The Labute approximate surface area is 194 Å². The van der Waals surface area contributed by atoms with E-state index < -0.39 is 59.7 Å². The highest BCUT2D eigenvalue weighted by Crippen LogP contribution is 2.17. The molecule has 0 unspecified atom stereocenters. The first-order valence-electron chi connectivity index (χ1n) is 11.1. The smallest absolute Gasteiger partial charge is 0.329 e. The number of benzene rings is 1. The second-order valence-electron chi connectivity index (χ2n) is 9.11. The predicted octanol–water partition coefficient (Wildman–Crippen LogP) is 1.73. The van der Waals surface area contributed by atoms with E-state index in [0.717, 1.165) is 5.56 Å². The molecule has 1 rings (SSSR count). The lowest BCUT2D eigenvalue weighted by atomic mass is 9.89. The van der Waals surface area contributed by atoms with Crippen molar-refractivity contribution in [1.29, 1.82) is 0 Å². The molecule has 9 heteroatoms. The molecule has 9 nitrogen and oxygen atoms in total. The first-order chi connectivity index (χ1) is 15.4. The first kappa shape index (κ1) is 28.1. The van der Waals surface area contributed by atoms with Crippen molar-refractivity contribution in [2.75, 3.05) is 0 Å². The van der Waals surface area contributed by atoms with Crippen LogP contribution in [0, 0.1) is 23.7 Å². The quantitative estimate of drug-likeness (QED) is 0.345. The average Bonchev–Trinajstić information content (AvgIpc) is 2.73. The number of aliphatic carboxylic acids is 1. The van der Waals surface area contributed by atoms with Gasteiger partial charge >= 0.3 is 11.9 Å². The number of hydrogen-bond donors (Lipinski definition) is 4. The van der Waals surface area contributed by atoms with Gasteiger partial charge < -0.3 is 25.6 Å². The summed E-state index contributed by atoms with van der Waals surface area (Å²) in [6.07, 6.45) is -1.83. The van der Waals surface area contributed by atoms with Crippen LogP contribution in [0.2, 0.25) is 0 Å². The Hall–Kier alpha value is -2.94. The lowest BCUT2D eigenvalue weighted by Crippen LogP contribution is -2.57. The molecule has 2 amide bonds. The van der Waals surface area contributed by atoms with Gasteiger partial charge in [0.15, 0.2) is 0 Å². The second kappa shape index (κ2) is 12.9. The van der Waals surface area contributed by atoms with E-state index >= 15 is 0 Å². The van der Waals surface area contributed by atoms with Crippen LogP contribution in [0.4, 0.5) is 0 Å². The number of carbonyl (C=O) groups excluding carboxylic acids is 3. The predicted molar refractivity (Wildman–Crippen MR) is 122 cm³/mol. The second-order valence-corrected chi connectivity index (χ2v) is 9.11. The Morgan fingerprint density at radius 1 is 0.818 bits per heavy atom. The molecule has 0 radical (unpaired) electrons. The molecule has 0 heterocycles.